The zero-order valence-electron chi connectivity index (χ0n) is 5.85. The van der Waals surface area contributed by atoms with Crippen LogP contribution in [-0.4, -0.2) is 6.04 Å². The largest absolute Gasteiger partial charge is 0.386 e. The molecule has 0 aromatic carbocycles. The number of hydrogen-bond acceptors (Lipinski definition) is 1. The van der Waals surface area contributed by atoms with E-state index in [1.807, 2.05) is 0 Å². The van der Waals surface area contributed by atoms with E-state index in [1.54, 1.807) is 0 Å². The summed E-state index contributed by atoms with van der Waals surface area (Å²) in [5.41, 5.74) is 1.47. The first kappa shape index (κ1) is 5.33. The van der Waals surface area contributed by atoms with Crippen LogP contribution in [0.2, 0.25) is 0 Å². The van der Waals surface area contributed by atoms with Crippen molar-refractivity contribution >= 4 is 0 Å². The maximum atomic E-state index is 3.48. The van der Waals surface area contributed by atoms with Gasteiger partial charge in [0.05, 0.1) is 0 Å². The average Bonchev–Trinajstić information content (AvgIpc) is 2.62. The number of rotatable bonds is 3. The smallest absolute Gasteiger partial charge is 0.0258 e. The third-order valence-electron chi connectivity index (χ3n) is 2.15. The molecule has 0 amide bonds. The van der Waals surface area contributed by atoms with Crippen LogP contribution in [0.15, 0.2) is 11.8 Å². The van der Waals surface area contributed by atoms with E-state index in [0.29, 0.717) is 0 Å². The quantitative estimate of drug-likeness (QED) is 0.602. The molecule has 2 rings (SSSR count). The summed E-state index contributed by atoms with van der Waals surface area (Å²) >= 11 is 0. The van der Waals surface area contributed by atoms with E-state index in [2.05, 4.69) is 18.3 Å². The Hall–Kier alpha value is -0.460. The van der Waals surface area contributed by atoms with E-state index in [1.165, 1.54) is 25.0 Å². The molecule has 1 N–H and O–H groups in total. The molecule has 2 aliphatic carbocycles. The Labute approximate surface area is 56.1 Å². The predicted octanol–water partition coefficient (Wildman–Crippen LogP) is 1.66. The molecule has 0 aromatic heterocycles. The lowest BCUT2D eigenvalue weighted by Crippen LogP contribution is -2.23. The van der Waals surface area contributed by atoms with E-state index >= 15 is 0 Å². The lowest BCUT2D eigenvalue weighted by molar-refractivity contribution is 0.556. The standard InChI is InChI=1S/C8H13N/c1-6(7-2-3-7)9-8-4-5-8/h4,6-7,9H,2-3,5H2,1H3. The van der Waals surface area contributed by atoms with Gasteiger partial charge in [-0.15, -0.1) is 0 Å². The van der Waals surface area contributed by atoms with E-state index in [4.69, 9.17) is 0 Å². The monoisotopic (exact) mass is 123 g/mol. The lowest BCUT2D eigenvalue weighted by atomic mass is 10.2. The second-order valence-corrected chi connectivity index (χ2v) is 3.20. The van der Waals surface area contributed by atoms with E-state index in [-0.39, 0.29) is 0 Å². The van der Waals surface area contributed by atoms with Gasteiger partial charge in [-0.2, -0.15) is 0 Å². The molecule has 2 aliphatic rings. The van der Waals surface area contributed by atoms with Crippen LogP contribution in [-0.2, 0) is 0 Å². The summed E-state index contributed by atoms with van der Waals surface area (Å²) in [5, 5.41) is 3.48. The molecule has 1 atom stereocenters. The minimum absolute atomic E-state index is 0.749. The highest BCUT2D eigenvalue weighted by molar-refractivity contribution is 5.20. The summed E-state index contributed by atoms with van der Waals surface area (Å²) in [5.74, 6) is 0.992. The van der Waals surface area contributed by atoms with Crippen molar-refractivity contribution in [3.63, 3.8) is 0 Å². The molecule has 9 heavy (non-hydrogen) atoms. The van der Waals surface area contributed by atoms with Gasteiger partial charge in [0.15, 0.2) is 0 Å². The summed E-state index contributed by atoms with van der Waals surface area (Å²) in [4.78, 5) is 0. The Morgan fingerprint density at radius 2 is 2.33 bits per heavy atom. The highest BCUT2D eigenvalue weighted by Crippen LogP contribution is 2.33. The van der Waals surface area contributed by atoms with Crippen LogP contribution < -0.4 is 5.32 Å². The second-order valence-electron chi connectivity index (χ2n) is 3.20. The minimum atomic E-state index is 0.749. The molecule has 0 spiro atoms. The predicted molar refractivity (Wildman–Crippen MR) is 38.0 cm³/mol. The molecule has 0 heterocycles. The minimum Gasteiger partial charge on any atom is -0.386 e. The van der Waals surface area contributed by atoms with Crippen molar-refractivity contribution in [1.82, 2.24) is 5.32 Å². The van der Waals surface area contributed by atoms with Crippen molar-refractivity contribution in [3.8, 4) is 0 Å². The molecule has 0 saturated heterocycles. The average molecular weight is 123 g/mol. The molecule has 1 saturated carbocycles. The van der Waals surface area contributed by atoms with Gasteiger partial charge in [-0.25, -0.2) is 0 Å². The van der Waals surface area contributed by atoms with Crippen molar-refractivity contribution in [2.24, 2.45) is 5.92 Å². The Morgan fingerprint density at radius 3 is 2.78 bits per heavy atom. The maximum absolute atomic E-state index is 3.48. The van der Waals surface area contributed by atoms with Crippen LogP contribution >= 0.6 is 0 Å². The van der Waals surface area contributed by atoms with Gasteiger partial charge >= 0.3 is 0 Å². The van der Waals surface area contributed by atoms with Crippen molar-refractivity contribution < 1.29 is 0 Å². The molecule has 50 valence electrons. The first-order chi connectivity index (χ1) is 4.36. The van der Waals surface area contributed by atoms with Crippen LogP contribution in [0.3, 0.4) is 0 Å². The third kappa shape index (κ3) is 1.26. The van der Waals surface area contributed by atoms with Gasteiger partial charge in [0.25, 0.3) is 0 Å². The van der Waals surface area contributed by atoms with Gasteiger partial charge in [-0.1, -0.05) is 6.08 Å². The third-order valence-corrected chi connectivity index (χ3v) is 2.15. The first-order valence-corrected chi connectivity index (χ1v) is 3.82. The van der Waals surface area contributed by atoms with Gasteiger partial charge < -0.3 is 5.32 Å². The maximum Gasteiger partial charge on any atom is 0.0258 e. The van der Waals surface area contributed by atoms with Gasteiger partial charge in [0.1, 0.15) is 0 Å². The van der Waals surface area contributed by atoms with Crippen LogP contribution in [0, 0.1) is 5.92 Å². The van der Waals surface area contributed by atoms with E-state index < -0.39 is 0 Å². The molecule has 0 aliphatic heterocycles. The van der Waals surface area contributed by atoms with Crippen LogP contribution in [0.1, 0.15) is 26.2 Å². The van der Waals surface area contributed by atoms with Crippen molar-refractivity contribution in [3.05, 3.63) is 11.8 Å². The molecule has 1 unspecified atom stereocenters. The molecular formula is C8H13N. The number of allylic oxidation sites excluding steroid dienone is 2. The van der Waals surface area contributed by atoms with Gasteiger partial charge in [0, 0.05) is 18.2 Å². The van der Waals surface area contributed by atoms with Gasteiger partial charge in [-0.3, -0.25) is 0 Å². The topological polar surface area (TPSA) is 12.0 Å². The fourth-order valence-corrected chi connectivity index (χ4v) is 1.18. The van der Waals surface area contributed by atoms with Crippen molar-refractivity contribution in [2.75, 3.05) is 0 Å². The fraction of sp³-hybridized carbons (Fsp3) is 0.750. The van der Waals surface area contributed by atoms with Crippen LogP contribution in [0.4, 0.5) is 0 Å². The Balaban J connectivity index is 1.75. The zero-order chi connectivity index (χ0) is 6.27. The Kier molecular flexibility index (Phi) is 1.04. The zero-order valence-corrected chi connectivity index (χ0v) is 5.85. The molecule has 1 fully saturated rings. The molecule has 1 heteroatoms. The summed E-state index contributed by atoms with van der Waals surface area (Å²) < 4.78 is 0. The molecule has 0 bridgehead atoms. The van der Waals surface area contributed by atoms with Gasteiger partial charge in [-0.05, 0) is 25.7 Å². The normalized spacial score (nSPS) is 27.0. The molecule has 0 aromatic rings. The molecule has 1 nitrogen and oxygen atoms in total. The summed E-state index contributed by atoms with van der Waals surface area (Å²) in [7, 11) is 0. The van der Waals surface area contributed by atoms with E-state index in [0.717, 1.165) is 12.0 Å². The highest BCUT2D eigenvalue weighted by atomic mass is 15.0. The van der Waals surface area contributed by atoms with E-state index in [9.17, 15) is 0 Å². The molecule has 0 radical (unpaired) electrons. The van der Waals surface area contributed by atoms with Crippen molar-refractivity contribution in [2.45, 2.75) is 32.2 Å². The summed E-state index contributed by atoms with van der Waals surface area (Å²) in [6, 6.07) is 0.749. The highest BCUT2D eigenvalue weighted by Gasteiger charge is 2.28. The fourth-order valence-electron chi connectivity index (χ4n) is 1.18. The summed E-state index contributed by atoms with van der Waals surface area (Å²) in [6.07, 6.45) is 6.36. The SMILES string of the molecule is CC(NC1=CC1)C1CC1. The van der Waals surface area contributed by atoms with Crippen LogP contribution in [0.5, 0.6) is 0 Å². The second kappa shape index (κ2) is 1.76. The number of hydrogen-bond donors (Lipinski definition) is 1. The Morgan fingerprint density at radius 1 is 1.67 bits per heavy atom. The summed E-state index contributed by atoms with van der Waals surface area (Å²) in [6.45, 7) is 2.29. The van der Waals surface area contributed by atoms with Gasteiger partial charge in [0.2, 0.25) is 0 Å². The molecular weight excluding hydrogens is 110 g/mol. The van der Waals surface area contributed by atoms with Crippen LogP contribution in [0.25, 0.3) is 0 Å². The lowest BCUT2D eigenvalue weighted by Gasteiger charge is -2.09. The number of nitrogens with one attached hydrogen (secondary N) is 1. The first-order valence-electron chi connectivity index (χ1n) is 3.82. The Bertz CT molecular complexity index is 145. The van der Waals surface area contributed by atoms with Crippen molar-refractivity contribution in [1.29, 1.82) is 0 Å².